The number of methoxy groups -OCH3 is 2. The Morgan fingerprint density at radius 3 is 1.71 bits per heavy atom. The molecule has 0 radical (unpaired) electrons. The van der Waals surface area contributed by atoms with Crippen molar-refractivity contribution in [3.05, 3.63) is 71.8 Å². The minimum Gasteiger partial charge on any atom is -0.497 e. The summed E-state index contributed by atoms with van der Waals surface area (Å²) in [5, 5.41) is 20.5. The maximum atomic E-state index is 9.14. The van der Waals surface area contributed by atoms with Crippen LogP contribution in [-0.2, 0) is 12.9 Å². The van der Waals surface area contributed by atoms with Crippen molar-refractivity contribution in [3.8, 4) is 11.5 Å². The first kappa shape index (κ1) is 18.4. The van der Waals surface area contributed by atoms with Gasteiger partial charge in [-0.15, -0.1) is 0 Å². The molecule has 0 unspecified atom stereocenters. The molecule has 0 saturated heterocycles. The molecule has 1 aromatic heterocycles. The Balaban J connectivity index is 1.80. The van der Waals surface area contributed by atoms with Crippen molar-refractivity contribution in [2.75, 3.05) is 14.2 Å². The molecular formula is C22H22BNO4. The lowest BCUT2D eigenvalue weighted by Crippen LogP contribution is -2.15. The fraction of sp³-hybridized carbons (Fsp3) is 0.182. The highest BCUT2D eigenvalue weighted by Crippen LogP contribution is 2.34. The van der Waals surface area contributed by atoms with E-state index in [0.717, 1.165) is 44.4 Å². The Labute approximate surface area is 163 Å². The summed E-state index contributed by atoms with van der Waals surface area (Å²) < 4.78 is 13.1. The van der Waals surface area contributed by atoms with Crippen LogP contribution < -0.4 is 9.47 Å². The molecule has 0 aliphatic heterocycles. The smallest absolute Gasteiger partial charge is 0.456 e. The molecule has 3 aromatic carbocycles. The largest absolute Gasteiger partial charge is 0.497 e. The maximum absolute atomic E-state index is 9.14. The summed E-state index contributed by atoms with van der Waals surface area (Å²) in [5.74, 6) is 1.64. The van der Waals surface area contributed by atoms with Gasteiger partial charge in [-0.2, -0.15) is 0 Å². The van der Waals surface area contributed by atoms with Crippen LogP contribution in [0.15, 0.2) is 60.7 Å². The number of aromatic nitrogens is 1. The zero-order valence-electron chi connectivity index (χ0n) is 15.9. The van der Waals surface area contributed by atoms with Gasteiger partial charge in [0, 0.05) is 34.7 Å². The molecule has 0 spiro atoms. The third-order valence-electron chi connectivity index (χ3n) is 5.06. The number of hydrogen-bond acceptors (Lipinski definition) is 4. The highest BCUT2D eigenvalue weighted by Gasteiger charge is 2.13. The molecule has 6 heteroatoms. The van der Waals surface area contributed by atoms with Crippen LogP contribution in [0.5, 0.6) is 11.5 Å². The maximum Gasteiger partial charge on any atom is 0.456 e. The summed E-state index contributed by atoms with van der Waals surface area (Å²) in [7, 11) is 2.02. The van der Waals surface area contributed by atoms with Crippen LogP contribution >= 0.6 is 0 Å². The van der Waals surface area contributed by atoms with E-state index in [9.17, 15) is 0 Å². The molecule has 2 N–H and O–H groups in total. The minimum absolute atomic E-state index is 0.231. The normalized spacial score (nSPS) is 11.1. The van der Waals surface area contributed by atoms with E-state index in [4.69, 9.17) is 19.5 Å². The van der Waals surface area contributed by atoms with Crippen molar-refractivity contribution >= 4 is 28.9 Å². The van der Waals surface area contributed by atoms with E-state index in [-0.39, 0.29) is 6.32 Å². The predicted molar refractivity (Wildman–Crippen MR) is 112 cm³/mol. The second kappa shape index (κ2) is 7.58. The summed E-state index contributed by atoms with van der Waals surface area (Å²) >= 11 is 0. The number of nitrogens with zero attached hydrogens (tertiary/aromatic N) is 1. The van der Waals surface area contributed by atoms with Gasteiger partial charge < -0.3 is 24.1 Å². The Kier molecular flexibility index (Phi) is 4.98. The molecule has 0 amide bonds. The molecule has 28 heavy (non-hydrogen) atoms. The van der Waals surface area contributed by atoms with Gasteiger partial charge in [-0.25, -0.2) is 0 Å². The van der Waals surface area contributed by atoms with E-state index < -0.39 is 7.12 Å². The summed E-state index contributed by atoms with van der Waals surface area (Å²) in [6, 6.07) is 20.2. The van der Waals surface area contributed by atoms with Crippen molar-refractivity contribution < 1.29 is 19.5 Å². The third-order valence-corrected chi connectivity index (χ3v) is 5.06. The molecule has 5 nitrogen and oxygen atoms in total. The lowest BCUT2D eigenvalue weighted by molar-refractivity contribution is 0.405. The van der Waals surface area contributed by atoms with Crippen LogP contribution in [0.4, 0.5) is 0 Å². The average Bonchev–Trinajstić information content (AvgIpc) is 3.01. The van der Waals surface area contributed by atoms with Crippen molar-refractivity contribution in [2.45, 2.75) is 12.9 Å². The van der Waals surface area contributed by atoms with Crippen LogP contribution in [0.3, 0.4) is 0 Å². The van der Waals surface area contributed by atoms with E-state index in [2.05, 4.69) is 28.8 Å². The van der Waals surface area contributed by atoms with Gasteiger partial charge in [0.2, 0.25) is 0 Å². The third kappa shape index (κ3) is 3.44. The van der Waals surface area contributed by atoms with E-state index >= 15 is 0 Å². The van der Waals surface area contributed by atoms with Crippen LogP contribution in [0, 0.1) is 0 Å². The van der Waals surface area contributed by atoms with Gasteiger partial charge in [0.05, 0.1) is 14.2 Å². The molecular weight excluding hydrogens is 353 g/mol. The number of ether oxygens (including phenoxy) is 2. The second-order valence-electron chi connectivity index (χ2n) is 6.85. The number of benzene rings is 3. The van der Waals surface area contributed by atoms with Gasteiger partial charge in [-0.1, -0.05) is 29.8 Å². The zero-order chi connectivity index (χ0) is 19.7. The van der Waals surface area contributed by atoms with E-state index in [0.29, 0.717) is 6.54 Å². The average molecular weight is 375 g/mol. The fourth-order valence-corrected chi connectivity index (χ4v) is 3.66. The summed E-state index contributed by atoms with van der Waals surface area (Å²) in [4.78, 5) is 0. The quantitative estimate of drug-likeness (QED) is 0.507. The van der Waals surface area contributed by atoms with Crippen molar-refractivity contribution in [1.29, 1.82) is 0 Å². The lowest BCUT2D eigenvalue weighted by Gasteiger charge is -2.09. The summed E-state index contributed by atoms with van der Waals surface area (Å²) in [5.41, 5.74) is 4.29. The molecule has 0 saturated carbocycles. The van der Waals surface area contributed by atoms with Gasteiger partial charge in [0.1, 0.15) is 11.5 Å². The second-order valence-corrected chi connectivity index (χ2v) is 6.85. The molecule has 0 atom stereocenters. The molecule has 1 heterocycles. The first-order valence-corrected chi connectivity index (χ1v) is 9.17. The van der Waals surface area contributed by atoms with Gasteiger partial charge >= 0.3 is 7.12 Å². The van der Waals surface area contributed by atoms with Crippen molar-refractivity contribution in [2.24, 2.45) is 0 Å². The Morgan fingerprint density at radius 1 is 0.750 bits per heavy atom. The van der Waals surface area contributed by atoms with Crippen LogP contribution in [0.2, 0.25) is 0 Å². The van der Waals surface area contributed by atoms with Gasteiger partial charge in [-0.05, 0) is 42.0 Å². The summed E-state index contributed by atoms with van der Waals surface area (Å²) in [6.07, 6.45) is 0.231. The topological polar surface area (TPSA) is 63.9 Å². The predicted octanol–water partition coefficient (Wildman–Crippen LogP) is 3.41. The van der Waals surface area contributed by atoms with E-state index in [1.807, 2.05) is 36.4 Å². The van der Waals surface area contributed by atoms with Crippen molar-refractivity contribution in [1.82, 2.24) is 4.57 Å². The Morgan fingerprint density at radius 2 is 1.25 bits per heavy atom. The summed E-state index contributed by atoms with van der Waals surface area (Å²) in [6.45, 7) is 0.709. The highest BCUT2D eigenvalue weighted by molar-refractivity contribution is 6.40. The standard InChI is InChI=1S/C22H22BNO4/c1-27-17-7-9-21-19(11-17)20-12-18(28-2)8-10-22(20)24(21)14-16-5-3-15(4-6-16)13-23(25)26/h3-12,25-26H,13-14H2,1-2H3. The number of rotatable bonds is 6. The van der Waals surface area contributed by atoms with E-state index in [1.165, 1.54) is 0 Å². The first-order valence-electron chi connectivity index (χ1n) is 9.17. The minimum atomic E-state index is -1.33. The van der Waals surface area contributed by atoms with E-state index in [1.54, 1.807) is 14.2 Å². The number of hydrogen-bond donors (Lipinski definition) is 2. The highest BCUT2D eigenvalue weighted by atomic mass is 16.5. The monoisotopic (exact) mass is 375 g/mol. The molecule has 0 aliphatic carbocycles. The number of fused-ring (bicyclic) bond motifs is 3. The van der Waals surface area contributed by atoms with Crippen LogP contribution in [0.1, 0.15) is 11.1 Å². The van der Waals surface area contributed by atoms with Gasteiger partial charge in [-0.3, -0.25) is 0 Å². The van der Waals surface area contributed by atoms with Crippen LogP contribution in [0.25, 0.3) is 21.8 Å². The SMILES string of the molecule is COc1ccc2c(c1)c1cc(OC)ccc1n2Cc1ccc(CB(O)O)cc1. The molecule has 142 valence electrons. The molecule has 4 rings (SSSR count). The first-order chi connectivity index (χ1) is 13.6. The lowest BCUT2D eigenvalue weighted by atomic mass is 9.82. The molecule has 0 fully saturated rings. The van der Waals surface area contributed by atoms with Crippen molar-refractivity contribution in [3.63, 3.8) is 0 Å². The van der Waals surface area contributed by atoms with Gasteiger partial charge in [0.25, 0.3) is 0 Å². The molecule has 0 aliphatic rings. The molecule has 0 bridgehead atoms. The zero-order valence-corrected chi connectivity index (χ0v) is 15.9. The Hall–Kier alpha value is -2.96. The fourth-order valence-electron chi connectivity index (χ4n) is 3.66. The van der Waals surface area contributed by atoms with Crippen LogP contribution in [-0.4, -0.2) is 36.0 Å². The molecule has 4 aromatic rings. The van der Waals surface area contributed by atoms with Gasteiger partial charge in [0.15, 0.2) is 0 Å². The Bertz CT molecular complexity index is 1060.